The molecule has 3 aromatic rings. The van der Waals surface area contributed by atoms with E-state index in [0.717, 1.165) is 0 Å². The molecule has 0 spiro atoms. The highest BCUT2D eigenvalue weighted by atomic mass is 16.5. The van der Waals surface area contributed by atoms with E-state index in [0.29, 0.717) is 28.2 Å². The molecule has 6 rings (SSSR count). The van der Waals surface area contributed by atoms with Gasteiger partial charge in [-0.05, 0) is 6.92 Å². The minimum atomic E-state index is -0.823. The van der Waals surface area contributed by atoms with Gasteiger partial charge in [-0.1, -0.05) is 0 Å². The van der Waals surface area contributed by atoms with E-state index in [1.807, 2.05) is 0 Å². The summed E-state index contributed by atoms with van der Waals surface area (Å²) >= 11 is 0. The fraction of sp³-hybridized carbons (Fsp3) is 0.435. The molecule has 0 saturated carbocycles. The van der Waals surface area contributed by atoms with E-state index in [9.17, 15) is 24.9 Å². The number of ether oxygens (including phenoxy) is 1. The molecule has 1 aliphatic carbocycles. The Balaban J connectivity index is 1.39. The van der Waals surface area contributed by atoms with Gasteiger partial charge in [0.15, 0.2) is 17.0 Å². The van der Waals surface area contributed by atoms with Crippen molar-refractivity contribution in [3.63, 3.8) is 0 Å². The van der Waals surface area contributed by atoms with Gasteiger partial charge in [0, 0.05) is 35.8 Å². The predicted octanol–water partition coefficient (Wildman–Crippen LogP) is -1.13. The summed E-state index contributed by atoms with van der Waals surface area (Å²) in [4.78, 5) is 39.2. The van der Waals surface area contributed by atoms with Crippen LogP contribution in [0.2, 0.25) is 0 Å². The SMILES string of the molecule is CC1=C(N)C(=O)c2c(CO)c3n(c2C1=O)C[C@H](N)[C@@H]3Nc1ncnc2c1ncn2[C@H]1C[C@H](O)[C@@H](CO)O1. The van der Waals surface area contributed by atoms with Gasteiger partial charge in [-0.2, -0.15) is 0 Å². The van der Waals surface area contributed by atoms with Crippen molar-refractivity contribution in [3.8, 4) is 0 Å². The lowest BCUT2D eigenvalue weighted by molar-refractivity contribution is -0.0432. The number of fused-ring (bicyclic) bond motifs is 4. The van der Waals surface area contributed by atoms with Crippen molar-refractivity contribution < 1.29 is 29.6 Å². The lowest BCUT2D eigenvalue weighted by Gasteiger charge is -2.20. The number of imidazole rings is 1. The van der Waals surface area contributed by atoms with E-state index < -0.39 is 42.9 Å². The molecule has 194 valence electrons. The summed E-state index contributed by atoms with van der Waals surface area (Å²) in [5.74, 6) is -0.512. The summed E-state index contributed by atoms with van der Waals surface area (Å²) in [7, 11) is 0. The molecule has 0 unspecified atom stereocenters. The summed E-state index contributed by atoms with van der Waals surface area (Å²) in [5.41, 5.74) is 14.4. The van der Waals surface area contributed by atoms with Crippen LogP contribution < -0.4 is 16.8 Å². The minimum absolute atomic E-state index is 0.108. The van der Waals surface area contributed by atoms with Crippen molar-refractivity contribution in [1.29, 1.82) is 0 Å². The van der Waals surface area contributed by atoms with E-state index in [-0.39, 0.29) is 47.9 Å². The number of aromatic nitrogens is 5. The number of allylic oxidation sites excluding steroid dienone is 2. The van der Waals surface area contributed by atoms with Crippen LogP contribution in [-0.4, -0.2) is 75.8 Å². The van der Waals surface area contributed by atoms with Gasteiger partial charge in [0.25, 0.3) is 0 Å². The Kier molecular flexibility index (Phi) is 5.40. The molecule has 1 saturated heterocycles. The molecule has 1 fully saturated rings. The summed E-state index contributed by atoms with van der Waals surface area (Å²) in [6.07, 6.45) is 1.02. The van der Waals surface area contributed by atoms with Crippen molar-refractivity contribution >= 4 is 28.5 Å². The van der Waals surface area contributed by atoms with Crippen molar-refractivity contribution in [1.82, 2.24) is 24.1 Å². The normalized spacial score (nSPS) is 27.3. The molecular formula is C23H26N8O6. The molecule has 14 heteroatoms. The number of hydrogen-bond donors (Lipinski definition) is 6. The average Bonchev–Trinajstić information content (AvgIpc) is 3.63. The molecule has 0 radical (unpaired) electrons. The van der Waals surface area contributed by atoms with Crippen molar-refractivity contribution in [2.75, 3.05) is 11.9 Å². The van der Waals surface area contributed by atoms with Gasteiger partial charge in [-0.3, -0.25) is 14.2 Å². The Morgan fingerprint density at radius 3 is 2.70 bits per heavy atom. The summed E-state index contributed by atoms with van der Waals surface area (Å²) in [5, 5.41) is 33.1. The van der Waals surface area contributed by atoms with E-state index >= 15 is 0 Å². The lowest BCUT2D eigenvalue weighted by Crippen LogP contribution is -2.33. The summed E-state index contributed by atoms with van der Waals surface area (Å²) in [6, 6.07) is -1.12. The van der Waals surface area contributed by atoms with Crippen LogP contribution in [0.25, 0.3) is 11.2 Å². The summed E-state index contributed by atoms with van der Waals surface area (Å²) in [6.45, 7) is 0.947. The Hall–Kier alpha value is -3.69. The Morgan fingerprint density at radius 1 is 1.22 bits per heavy atom. The second kappa shape index (κ2) is 8.43. The number of rotatable bonds is 5. The molecule has 5 atom stereocenters. The first kappa shape index (κ1) is 23.7. The molecule has 2 aliphatic heterocycles. The number of aliphatic hydroxyl groups excluding tert-OH is 3. The first-order valence-electron chi connectivity index (χ1n) is 11.8. The number of hydrogen-bond acceptors (Lipinski definition) is 12. The largest absolute Gasteiger partial charge is 0.395 e. The second-order valence-corrected chi connectivity index (χ2v) is 9.50. The van der Waals surface area contributed by atoms with Gasteiger partial charge < -0.3 is 41.4 Å². The Morgan fingerprint density at radius 2 is 2.00 bits per heavy atom. The number of carbonyl (C=O) groups excluding carboxylic acids is 2. The molecule has 5 heterocycles. The highest BCUT2D eigenvalue weighted by molar-refractivity contribution is 6.26. The van der Waals surface area contributed by atoms with E-state index in [4.69, 9.17) is 16.2 Å². The van der Waals surface area contributed by atoms with Crippen LogP contribution in [0.4, 0.5) is 5.82 Å². The molecule has 0 aromatic carbocycles. The number of Topliss-reactive ketones (excluding diaryl/α,β-unsaturated/α-hetero) is 2. The maximum Gasteiger partial charge on any atom is 0.211 e. The Bertz CT molecular complexity index is 1490. The third kappa shape index (κ3) is 3.27. The number of aliphatic hydroxyl groups is 3. The number of nitrogens with one attached hydrogen (secondary N) is 1. The summed E-state index contributed by atoms with van der Waals surface area (Å²) < 4.78 is 9.08. The molecule has 3 aromatic heterocycles. The highest BCUT2D eigenvalue weighted by Gasteiger charge is 2.44. The number of anilines is 1. The Labute approximate surface area is 209 Å². The van der Waals surface area contributed by atoms with Gasteiger partial charge in [0.2, 0.25) is 11.6 Å². The van der Waals surface area contributed by atoms with E-state index in [2.05, 4.69) is 20.3 Å². The highest BCUT2D eigenvalue weighted by Crippen LogP contribution is 2.41. The number of nitrogens with zero attached hydrogens (tertiary/aromatic N) is 5. The van der Waals surface area contributed by atoms with Crippen molar-refractivity contribution in [2.24, 2.45) is 11.5 Å². The molecule has 0 bridgehead atoms. The first-order valence-corrected chi connectivity index (χ1v) is 11.8. The molecule has 37 heavy (non-hydrogen) atoms. The number of ketones is 2. The zero-order chi connectivity index (χ0) is 26.2. The van der Waals surface area contributed by atoms with Crippen LogP contribution >= 0.6 is 0 Å². The lowest BCUT2D eigenvalue weighted by atomic mass is 9.89. The van der Waals surface area contributed by atoms with Crippen LogP contribution in [0, 0.1) is 0 Å². The maximum atomic E-state index is 13.1. The maximum absolute atomic E-state index is 13.1. The number of carbonyl (C=O) groups is 2. The first-order chi connectivity index (χ1) is 17.8. The van der Waals surface area contributed by atoms with Crippen LogP contribution in [0.5, 0.6) is 0 Å². The number of nitrogens with two attached hydrogens (primary N) is 2. The van der Waals surface area contributed by atoms with Crippen molar-refractivity contribution in [2.45, 2.75) is 57.0 Å². The van der Waals surface area contributed by atoms with Gasteiger partial charge in [-0.25, -0.2) is 15.0 Å². The molecule has 14 nitrogen and oxygen atoms in total. The predicted molar refractivity (Wildman–Crippen MR) is 127 cm³/mol. The monoisotopic (exact) mass is 510 g/mol. The molecule has 8 N–H and O–H groups in total. The van der Waals surface area contributed by atoms with Crippen LogP contribution in [-0.2, 0) is 17.9 Å². The third-order valence-corrected chi connectivity index (χ3v) is 7.46. The van der Waals surface area contributed by atoms with Gasteiger partial charge in [0.1, 0.15) is 24.4 Å². The third-order valence-electron chi connectivity index (χ3n) is 7.46. The second-order valence-electron chi connectivity index (χ2n) is 9.50. The van der Waals surface area contributed by atoms with Gasteiger partial charge in [-0.15, -0.1) is 0 Å². The topological polar surface area (TPSA) is 217 Å². The standard InChI is InChI=1S/C23H26N8O6/c1-8-15(25)21(36)14-9(4-32)18-16(10(24)3-30(18)19(14)20(8)35)29-22-17-23(27-6-26-22)31(7-28-17)13-2-11(34)12(5-33)37-13/h6-7,10-13,16,32-34H,2-5,24-25H2,1H3,(H,26,27,29)/t10-,11-,12+,13+,16-/m0/s1. The molecular weight excluding hydrogens is 484 g/mol. The fourth-order valence-corrected chi connectivity index (χ4v) is 5.54. The van der Waals surface area contributed by atoms with Crippen molar-refractivity contribution in [3.05, 3.63) is 46.4 Å². The zero-order valence-electron chi connectivity index (χ0n) is 19.8. The zero-order valence-corrected chi connectivity index (χ0v) is 19.8. The molecule has 3 aliphatic rings. The van der Waals surface area contributed by atoms with Gasteiger partial charge >= 0.3 is 0 Å². The van der Waals surface area contributed by atoms with E-state index in [1.54, 1.807) is 9.13 Å². The molecule has 0 amide bonds. The minimum Gasteiger partial charge on any atom is -0.395 e. The quantitative estimate of drug-likeness (QED) is 0.240. The fourth-order valence-electron chi connectivity index (χ4n) is 5.54. The smallest absolute Gasteiger partial charge is 0.211 e. The average molecular weight is 511 g/mol. The van der Waals surface area contributed by atoms with Crippen LogP contribution in [0.3, 0.4) is 0 Å². The van der Waals surface area contributed by atoms with Crippen LogP contribution in [0.1, 0.15) is 57.7 Å². The van der Waals surface area contributed by atoms with E-state index in [1.165, 1.54) is 19.6 Å². The van der Waals surface area contributed by atoms with Crippen LogP contribution in [0.15, 0.2) is 23.9 Å². The van der Waals surface area contributed by atoms with Gasteiger partial charge in [0.05, 0.1) is 42.9 Å².